The molecule has 4 heteroatoms. The molecule has 1 aromatic rings. The van der Waals surface area contributed by atoms with Crippen molar-refractivity contribution in [1.29, 1.82) is 5.26 Å². The number of benzene rings is 1. The molecule has 1 aromatic carbocycles. The van der Waals surface area contributed by atoms with Gasteiger partial charge in [-0.1, -0.05) is 11.6 Å². The summed E-state index contributed by atoms with van der Waals surface area (Å²) in [6.45, 7) is 1.99. The Morgan fingerprint density at radius 1 is 1.53 bits per heavy atom. The molecule has 1 unspecified atom stereocenters. The van der Waals surface area contributed by atoms with Crippen molar-refractivity contribution in [2.24, 2.45) is 0 Å². The minimum absolute atomic E-state index is 0.415. The van der Waals surface area contributed by atoms with Gasteiger partial charge in [0.1, 0.15) is 6.07 Å². The van der Waals surface area contributed by atoms with Crippen LogP contribution in [0, 0.1) is 11.3 Å². The van der Waals surface area contributed by atoms with Crippen LogP contribution < -0.4 is 10.6 Å². The Balaban J connectivity index is 2.16. The van der Waals surface area contributed by atoms with E-state index in [0.29, 0.717) is 16.6 Å². The van der Waals surface area contributed by atoms with Crippen molar-refractivity contribution in [1.82, 2.24) is 5.32 Å². The first-order chi connectivity index (χ1) is 7.29. The second kappa shape index (κ2) is 4.52. The molecule has 0 amide bonds. The van der Waals surface area contributed by atoms with E-state index in [9.17, 15) is 0 Å². The molecule has 0 radical (unpaired) electrons. The molecule has 0 spiro atoms. The van der Waals surface area contributed by atoms with Gasteiger partial charge in [-0.2, -0.15) is 5.26 Å². The molecule has 1 atom stereocenters. The lowest BCUT2D eigenvalue weighted by Gasteiger charge is -2.14. The van der Waals surface area contributed by atoms with E-state index < -0.39 is 0 Å². The topological polar surface area (TPSA) is 47.9 Å². The quantitative estimate of drug-likeness (QED) is 0.803. The van der Waals surface area contributed by atoms with Crippen LogP contribution >= 0.6 is 11.6 Å². The Morgan fingerprint density at radius 3 is 3.07 bits per heavy atom. The van der Waals surface area contributed by atoms with Gasteiger partial charge in [0.2, 0.25) is 0 Å². The van der Waals surface area contributed by atoms with E-state index in [-0.39, 0.29) is 0 Å². The van der Waals surface area contributed by atoms with Gasteiger partial charge in [-0.25, -0.2) is 0 Å². The van der Waals surface area contributed by atoms with Crippen LogP contribution in [0.4, 0.5) is 5.69 Å². The van der Waals surface area contributed by atoms with Crippen molar-refractivity contribution in [2.45, 2.75) is 12.5 Å². The molecule has 1 aliphatic rings. The van der Waals surface area contributed by atoms with E-state index >= 15 is 0 Å². The highest BCUT2D eigenvalue weighted by molar-refractivity contribution is 6.30. The second-order valence-corrected chi connectivity index (χ2v) is 4.07. The van der Waals surface area contributed by atoms with Crippen LogP contribution in [-0.4, -0.2) is 19.1 Å². The maximum Gasteiger partial charge on any atom is 0.101 e. The minimum atomic E-state index is 0.415. The van der Waals surface area contributed by atoms with E-state index in [2.05, 4.69) is 16.7 Å². The van der Waals surface area contributed by atoms with Crippen molar-refractivity contribution in [3.05, 3.63) is 28.8 Å². The minimum Gasteiger partial charge on any atom is -0.380 e. The summed E-state index contributed by atoms with van der Waals surface area (Å²) < 4.78 is 0. The number of nitrogens with zero attached hydrogens (tertiary/aromatic N) is 1. The fraction of sp³-hybridized carbons (Fsp3) is 0.364. The van der Waals surface area contributed by atoms with Crippen LogP contribution in [0.5, 0.6) is 0 Å². The summed E-state index contributed by atoms with van der Waals surface area (Å²) in [6, 6.07) is 7.90. The van der Waals surface area contributed by atoms with E-state index in [1.807, 2.05) is 6.07 Å². The van der Waals surface area contributed by atoms with Crippen molar-refractivity contribution in [3.8, 4) is 6.07 Å². The summed E-state index contributed by atoms with van der Waals surface area (Å²) in [6.07, 6.45) is 1.09. The summed E-state index contributed by atoms with van der Waals surface area (Å²) >= 11 is 5.82. The first-order valence-electron chi connectivity index (χ1n) is 4.96. The summed E-state index contributed by atoms with van der Waals surface area (Å²) in [5.74, 6) is 0. The molecule has 0 aliphatic carbocycles. The number of nitrogens with one attached hydrogen (secondary N) is 2. The molecule has 3 nitrogen and oxygen atoms in total. The largest absolute Gasteiger partial charge is 0.380 e. The first-order valence-corrected chi connectivity index (χ1v) is 5.34. The third kappa shape index (κ3) is 2.41. The summed E-state index contributed by atoms with van der Waals surface area (Å²) in [7, 11) is 0. The van der Waals surface area contributed by atoms with Crippen LogP contribution in [0.3, 0.4) is 0 Å². The van der Waals surface area contributed by atoms with Gasteiger partial charge in [0, 0.05) is 17.6 Å². The lowest BCUT2D eigenvalue weighted by Crippen LogP contribution is -2.22. The first kappa shape index (κ1) is 10.3. The number of halogens is 1. The summed E-state index contributed by atoms with van der Waals surface area (Å²) in [5, 5.41) is 16.2. The highest BCUT2D eigenvalue weighted by atomic mass is 35.5. The molecule has 15 heavy (non-hydrogen) atoms. The van der Waals surface area contributed by atoms with Gasteiger partial charge in [-0.15, -0.1) is 0 Å². The Kier molecular flexibility index (Phi) is 3.10. The molecule has 78 valence electrons. The third-order valence-electron chi connectivity index (χ3n) is 2.52. The van der Waals surface area contributed by atoms with Crippen LogP contribution in [0.25, 0.3) is 0 Å². The molecule has 0 bridgehead atoms. The summed E-state index contributed by atoms with van der Waals surface area (Å²) in [4.78, 5) is 0. The highest BCUT2D eigenvalue weighted by Crippen LogP contribution is 2.21. The van der Waals surface area contributed by atoms with Crippen LogP contribution in [-0.2, 0) is 0 Å². The summed E-state index contributed by atoms with van der Waals surface area (Å²) in [5.41, 5.74) is 1.48. The fourth-order valence-electron chi connectivity index (χ4n) is 1.73. The molecule has 2 rings (SSSR count). The van der Waals surface area contributed by atoms with Crippen molar-refractivity contribution in [2.75, 3.05) is 18.4 Å². The molecule has 2 N–H and O–H groups in total. The van der Waals surface area contributed by atoms with Crippen molar-refractivity contribution >= 4 is 17.3 Å². The van der Waals surface area contributed by atoms with E-state index in [1.54, 1.807) is 12.1 Å². The predicted octanol–water partition coefficient (Wildman–Crippen LogP) is 1.99. The molecule has 0 saturated carbocycles. The number of hydrogen-bond acceptors (Lipinski definition) is 3. The van der Waals surface area contributed by atoms with E-state index in [0.717, 1.165) is 25.2 Å². The normalized spacial score (nSPS) is 19.9. The zero-order valence-corrected chi connectivity index (χ0v) is 9.01. The third-order valence-corrected chi connectivity index (χ3v) is 2.76. The van der Waals surface area contributed by atoms with E-state index in [1.165, 1.54) is 0 Å². The Labute approximate surface area is 94.0 Å². The number of hydrogen-bond donors (Lipinski definition) is 2. The van der Waals surface area contributed by atoms with Gasteiger partial charge in [0.25, 0.3) is 0 Å². The Bertz CT molecular complexity index is 391. The SMILES string of the molecule is N#Cc1cc(Cl)ccc1NC1CCNC1. The zero-order chi connectivity index (χ0) is 10.7. The number of rotatable bonds is 2. The average molecular weight is 222 g/mol. The van der Waals surface area contributed by atoms with Gasteiger partial charge < -0.3 is 10.6 Å². The standard InChI is InChI=1S/C11H12ClN3/c12-9-1-2-11(8(5-9)6-13)15-10-3-4-14-7-10/h1-2,5,10,14-15H,3-4,7H2. The molecular weight excluding hydrogens is 210 g/mol. The zero-order valence-electron chi connectivity index (χ0n) is 8.26. The van der Waals surface area contributed by atoms with E-state index in [4.69, 9.17) is 16.9 Å². The molecule has 0 aromatic heterocycles. The van der Waals surface area contributed by atoms with Crippen molar-refractivity contribution < 1.29 is 0 Å². The Morgan fingerprint density at radius 2 is 2.40 bits per heavy atom. The number of anilines is 1. The van der Waals surface area contributed by atoms with Crippen molar-refractivity contribution in [3.63, 3.8) is 0 Å². The maximum atomic E-state index is 8.95. The highest BCUT2D eigenvalue weighted by Gasteiger charge is 2.15. The van der Waals surface area contributed by atoms with Gasteiger partial charge >= 0.3 is 0 Å². The van der Waals surface area contributed by atoms with Crippen LogP contribution in [0.2, 0.25) is 5.02 Å². The van der Waals surface area contributed by atoms with Gasteiger partial charge in [0.05, 0.1) is 11.3 Å². The smallest absolute Gasteiger partial charge is 0.101 e. The predicted molar refractivity (Wildman–Crippen MR) is 61.1 cm³/mol. The van der Waals surface area contributed by atoms with Gasteiger partial charge in [-0.05, 0) is 31.2 Å². The second-order valence-electron chi connectivity index (χ2n) is 3.64. The lowest BCUT2D eigenvalue weighted by atomic mass is 10.1. The van der Waals surface area contributed by atoms with Gasteiger partial charge in [0.15, 0.2) is 0 Å². The maximum absolute atomic E-state index is 8.95. The monoisotopic (exact) mass is 221 g/mol. The van der Waals surface area contributed by atoms with Crippen LogP contribution in [0.15, 0.2) is 18.2 Å². The average Bonchev–Trinajstić information content (AvgIpc) is 2.73. The molecule has 1 fully saturated rings. The molecule has 1 saturated heterocycles. The molecule has 1 heterocycles. The lowest BCUT2D eigenvalue weighted by molar-refractivity contribution is 0.793. The molecule has 1 aliphatic heterocycles. The number of nitriles is 1. The van der Waals surface area contributed by atoms with Crippen LogP contribution in [0.1, 0.15) is 12.0 Å². The molecular formula is C11H12ClN3. The fourth-order valence-corrected chi connectivity index (χ4v) is 1.90. The van der Waals surface area contributed by atoms with Gasteiger partial charge in [-0.3, -0.25) is 0 Å². The Hall–Kier alpha value is -1.24.